The van der Waals surface area contributed by atoms with Crippen LogP contribution in [0.2, 0.25) is 0 Å². The molecule has 4 nitrogen and oxygen atoms in total. The molecule has 1 rings (SSSR count). The molecule has 0 aliphatic heterocycles. The van der Waals surface area contributed by atoms with Gasteiger partial charge in [0, 0.05) is 0 Å². The van der Waals surface area contributed by atoms with Crippen LogP contribution in [0, 0.1) is 0 Å². The van der Waals surface area contributed by atoms with Gasteiger partial charge in [0.05, 0.1) is 11.1 Å². The Morgan fingerprint density at radius 2 is 0.812 bits per heavy atom. The van der Waals surface area contributed by atoms with Crippen molar-refractivity contribution in [3.8, 4) is 0 Å². The van der Waals surface area contributed by atoms with Gasteiger partial charge in [-0.2, -0.15) is 0 Å². The topological polar surface area (TPSA) is 74.6 Å². The molecule has 0 atom stereocenters. The maximum absolute atomic E-state index is 12.2. The first kappa shape index (κ1) is 43.9. The van der Waals surface area contributed by atoms with Crippen LogP contribution in [0.1, 0.15) is 238 Å². The molecule has 0 saturated carbocycles. The molecule has 0 heterocycles. The summed E-state index contributed by atoms with van der Waals surface area (Å²) in [7, 11) is 0. The predicted octanol–water partition coefficient (Wildman–Crippen LogP) is 14.5. The van der Waals surface area contributed by atoms with Gasteiger partial charge in [-0.05, 0) is 68.6 Å². The number of hydrogen-bond acceptors (Lipinski definition) is 2. The van der Waals surface area contributed by atoms with Gasteiger partial charge in [0.25, 0.3) is 0 Å². The van der Waals surface area contributed by atoms with Crippen LogP contribution in [-0.4, -0.2) is 22.2 Å². The third-order valence-corrected chi connectivity index (χ3v) is 10.1. The fourth-order valence-corrected chi connectivity index (χ4v) is 7.05. The van der Waals surface area contributed by atoms with Crippen molar-refractivity contribution in [1.29, 1.82) is 0 Å². The van der Waals surface area contributed by atoms with Crippen molar-refractivity contribution >= 4 is 11.9 Å². The van der Waals surface area contributed by atoms with Crippen LogP contribution in [0.5, 0.6) is 0 Å². The van der Waals surface area contributed by atoms with Crippen LogP contribution in [0.4, 0.5) is 0 Å². The molecule has 0 radical (unpaired) electrons. The lowest BCUT2D eigenvalue weighted by Gasteiger charge is -2.15. The van der Waals surface area contributed by atoms with Crippen LogP contribution in [0.3, 0.4) is 0 Å². The van der Waals surface area contributed by atoms with Gasteiger partial charge in [0.2, 0.25) is 0 Å². The van der Waals surface area contributed by atoms with Crippen LogP contribution in [-0.2, 0) is 12.8 Å². The Hall–Kier alpha value is -2.10. The van der Waals surface area contributed by atoms with E-state index >= 15 is 0 Å². The Morgan fingerprint density at radius 1 is 0.458 bits per heavy atom. The minimum absolute atomic E-state index is 0.0190. The van der Waals surface area contributed by atoms with Crippen molar-refractivity contribution < 1.29 is 19.8 Å². The average molecular weight is 669 g/mol. The lowest BCUT2D eigenvalue weighted by Crippen LogP contribution is -2.14. The van der Waals surface area contributed by atoms with Gasteiger partial charge in [-0.15, -0.1) is 0 Å². The van der Waals surface area contributed by atoms with Crippen LogP contribution >= 0.6 is 0 Å². The minimum Gasteiger partial charge on any atom is -0.478 e. The summed E-state index contributed by atoms with van der Waals surface area (Å²) in [6, 6.07) is 3.40. The summed E-state index contributed by atoms with van der Waals surface area (Å²) in [5, 5.41) is 19.7. The Bertz CT molecular complexity index is 949. The zero-order valence-electron chi connectivity index (χ0n) is 31.6. The molecule has 0 saturated heterocycles. The lowest BCUT2D eigenvalue weighted by molar-refractivity contribution is 0.0650. The molecule has 1 aromatic carbocycles. The van der Waals surface area contributed by atoms with Gasteiger partial charge in [-0.3, -0.25) is 0 Å². The first-order valence-electron chi connectivity index (χ1n) is 20.8. The molecule has 0 spiro atoms. The van der Waals surface area contributed by atoms with Crippen molar-refractivity contribution in [1.82, 2.24) is 0 Å². The number of benzene rings is 1. The Labute approximate surface area is 297 Å². The number of hydrogen-bond donors (Lipinski definition) is 2. The van der Waals surface area contributed by atoms with E-state index in [1.54, 1.807) is 0 Å². The van der Waals surface area contributed by atoms with E-state index < -0.39 is 11.9 Å². The molecule has 2 N–H and O–H groups in total. The summed E-state index contributed by atoms with van der Waals surface area (Å²) in [4.78, 5) is 24.1. The van der Waals surface area contributed by atoms with E-state index in [0.29, 0.717) is 6.42 Å². The van der Waals surface area contributed by atoms with Gasteiger partial charge < -0.3 is 10.2 Å². The summed E-state index contributed by atoms with van der Waals surface area (Å²) in [5.74, 6) is -2.26. The average Bonchev–Trinajstić information content (AvgIpc) is 3.07. The van der Waals surface area contributed by atoms with Crippen molar-refractivity contribution in [2.24, 2.45) is 0 Å². The van der Waals surface area contributed by atoms with E-state index in [0.717, 1.165) is 43.2 Å². The first-order valence-corrected chi connectivity index (χ1v) is 20.8. The van der Waals surface area contributed by atoms with Gasteiger partial charge in [0.1, 0.15) is 0 Å². The lowest BCUT2D eigenvalue weighted by atomic mass is 9.89. The van der Waals surface area contributed by atoms with Gasteiger partial charge in [-0.1, -0.05) is 186 Å². The number of aromatic carboxylic acids is 2. The van der Waals surface area contributed by atoms with E-state index in [9.17, 15) is 19.8 Å². The first-order chi connectivity index (χ1) is 23.5. The number of allylic oxidation sites excluding steroid dienone is 2. The molecule has 0 fully saturated rings. The molecule has 1 aromatic rings. The molecule has 0 aliphatic rings. The number of carboxylic acid groups (broad SMARTS) is 2. The van der Waals surface area contributed by atoms with E-state index in [1.807, 2.05) is 6.07 Å². The molecule has 276 valence electrons. The zero-order chi connectivity index (χ0) is 34.9. The smallest absolute Gasteiger partial charge is 0.336 e. The highest BCUT2D eigenvalue weighted by atomic mass is 16.4. The van der Waals surface area contributed by atoms with Gasteiger partial charge in [-0.25, -0.2) is 9.59 Å². The van der Waals surface area contributed by atoms with Crippen LogP contribution in [0.25, 0.3) is 0 Å². The van der Waals surface area contributed by atoms with Gasteiger partial charge >= 0.3 is 11.9 Å². The van der Waals surface area contributed by atoms with E-state index in [4.69, 9.17) is 0 Å². The summed E-state index contributed by atoms with van der Waals surface area (Å²) >= 11 is 0. The third-order valence-electron chi connectivity index (χ3n) is 10.1. The number of unbranched alkanes of at least 4 members (excludes halogenated alkanes) is 27. The Balaban J connectivity index is 2.29. The highest BCUT2D eigenvalue weighted by molar-refractivity contribution is 6.03. The fourth-order valence-electron chi connectivity index (χ4n) is 7.05. The van der Waals surface area contributed by atoms with Crippen molar-refractivity contribution in [2.45, 2.75) is 219 Å². The highest BCUT2D eigenvalue weighted by Crippen LogP contribution is 2.25. The highest BCUT2D eigenvalue weighted by Gasteiger charge is 2.22. The normalized spacial score (nSPS) is 11.5. The van der Waals surface area contributed by atoms with Crippen molar-refractivity contribution in [3.63, 3.8) is 0 Å². The van der Waals surface area contributed by atoms with Crippen LogP contribution in [0.15, 0.2) is 24.3 Å². The molecule has 0 aromatic heterocycles. The molecule has 0 aliphatic carbocycles. The van der Waals surface area contributed by atoms with Gasteiger partial charge in [0.15, 0.2) is 0 Å². The summed E-state index contributed by atoms with van der Waals surface area (Å²) in [6.07, 6.45) is 44.8. The van der Waals surface area contributed by atoms with E-state index in [-0.39, 0.29) is 11.1 Å². The SMILES string of the molecule is CCCCCCCC/C=C\CCCCCCCCc1ccc(C(=O)O)c(C(=O)O)c1CCCCCCCCCCCCCCCCCC. The van der Waals surface area contributed by atoms with Crippen molar-refractivity contribution in [2.75, 3.05) is 0 Å². The molecule has 4 heteroatoms. The summed E-state index contributed by atoms with van der Waals surface area (Å²) in [6.45, 7) is 4.54. The van der Waals surface area contributed by atoms with Crippen molar-refractivity contribution in [3.05, 3.63) is 46.5 Å². The quantitative estimate of drug-likeness (QED) is 0.0557. The molecular weight excluding hydrogens is 592 g/mol. The Kier molecular flexibility index (Phi) is 29.4. The largest absolute Gasteiger partial charge is 0.478 e. The molecule has 0 bridgehead atoms. The summed E-state index contributed by atoms with van der Waals surface area (Å²) in [5.41, 5.74) is 1.75. The minimum atomic E-state index is -1.15. The number of carboxylic acids is 2. The molecule has 48 heavy (non-hydrogen) atoms. The number of carbonyl (C=O) groups is 2. The number of rotatable bonds is 35. The standard InChI is InChI=1S/C44H76O4/c1-3-5-7-9-11-13-15-17-19-21-23-25-27-29-31-33-35-39-37-38-41(43(45)46)42(44(47)48)40(39)36-34-32-30-28-26-24-22-20-18-16-14-12-10-8-6-4-2/h17,19,37-38H,3-16,18,20-36H2,1-2H3,(H,45,46)(H,47,48)/b19-17-. The second-order valence-electron chi connectivity index (χ2n) is 14.5. The Morgan fingerprint density at radius 3 is 1.19 bits per heavy atom. The fraction of sp³-hybridized carbons (Fsp3) is 0.773. The molecule has 0 amide bonds. The maximum Gasteiger partial charge on any atom is 0.336 e. The molecular formula is C44H76O4. The number of aryl methyl sites for hydroxylation is 1. The van der Waals surface area contributed by atoms with Crippen LogP contribution < -0.4 is 0 Å². The zero-order valence-corrected chi connectivity index (χ0v) is 31.6. The van der Waals surface area contributed by atoms with E-state index in [2.05, 4.69) is 26.0 Å². The monoisotopic (exact) mass is 669 g/mol. The summed E-state index contributed by atoms with van der Waals surface area (Å²) < 4.78 is 0. The maximum atomic E-state index is 12.2. The second-order valence-corrected chi connectivity index (χ2v) is 14.5. The van der Waals surface area contributed by atoms with E-state index in [1.165, 1.54) is 173 Å². The molecule has 0 unspecified atom stereocenters. The predicted molar refractivity (Wildman–Crippen MR) is 207 cm³/mol. The second kappa shape index (κ2) is 32.1. The third kappa shape index (κ3) is 23.3.